The third-order valence-corrected chi connectivity index (χ3v) is 3.89. The number of benzene rings is 1. The van der Waals surface area contributed by atoms with Crippen LogP contribution in [-0.4, -0.2) is 10.7 Å². The fraction of sp³-hybridized carbons (Fsp3) is 0.529. The maximum Gasteiger partial charge on any atom is 0.0802 e. The van der Waals surface area contributed by atoms with Crippen LogP contribution in [0.4, 0.5) is 0 Å². The van der Waals surface area contributed by atoms with Crippen LogP contribution in [-0.2, 0) is 6.42 Å². The number of allylic oxidation sites excluding steroid dienone is 1. The fourth-order valence-electron chi connectivity index (χ4n) is 2.62. The van der Waals surface area contributed by atoms with Gasteiger partial charge in [0.05, 0.1) is 5.60 Å². The first-order valence-electron chi connectivity index (χ1n) is 7.11. The minimum absolute atomic E-state index is 0.668. The van der Waals surface area contributed by atoms with E-state index >= 15 is 0 Å². The molecule has 0 spiro atoms. The Balaban J connectivity index is 1.83. The van der Waals surface area contributed by atoms with Crippen LogP contribution >= 0.6 is 0 Å². The van der Waals surface area contributed by atoms with E-state index in [4.69, 9.17) is 0 Å². The van der Waals surface area contributed by atoms with Gasteiger partial charge in [0, 0.05) is 0 Å². The monoisotopic (exact) mass is 244 g/mol. The number of hydrogen-bond acceptors (Lipinski definition) is 1. The molecule has 0 heterocycles. The zero-order chi connectivity index (χ0) is 12.8. The summed E-state index contributed by atoms with van der Waals surface area (Å²) in [5.41, 5.74) is 0.630. The predicted octanol–water partition coefficient (Wildman–Crippen LogP) is 4.12. The molecule has 0 aromatic heterocycles. The maximum absolute atomic E-state index is 10.3. The Kier molecular flexibility index (Phi) is 4.60. The molecule has 0 saturated heterocycles. The summed E-state index contributed by atoms with van der Waals surface area (Å²) in [6, 6.07) is 10.4. The second kappa shape index (κ2) is 6.19. The molecular weight excluding hydrogens is 220 g/mol. The van der Waals surface area contributed by atoms with E-state index in [9.17, 15) is 5.11 Å². The molecule has 0 unspecified atom stereocenters. The first-order valence-corrected chi connectivity index (χ1v) is 7.11. The van der Waals surface area contributed by atoms with Gasteiger partial charge in [-0.05, 0) is 44.1 Å². The summed E-state index contributed by atoms with van der Waals surface area (Å²) in [6.07, 6.45) is 11.3. The molecule has 0 aliphatic heterocycles. The highest BCUT2D eigenvalue weighted by Gasteiger charge is 2.18. The second-order valence-corrected chi connectivity index (χ2v) is 5.75. The minimum Gasteiger partial charge on any atom is -0.386 e. The molecule has 98 valence electrons. The van der Waals surface area contributed by atoms with Crippen molar-refractivity contribution < 1.29 is 5.11 Å². The van der Waals surface area contributed by atoms with E-state index in [0.29, 0.717) is 5.92 Å². The highest BCUT2D eigenvalue weighted by Crippen LogP contribution is 2.27. The summed E-state index contributed by atoms with van der Waals surface area (Å²) in [5.74, 6) is 0.702. The van der Waals surface area contributed by atoms with Gasteiger partial charge in [0.2, 0.25) is 0 Å². The van der Waals surface area contributed by atoms with E-state index in [1.54, 1.807) is 0 Å². The predicted molar refractivity (Wildman–Crippen MR) is 76.5 cm³/mol. The molecular formula is C17H24O. The molecule has 0 amide bonds. The lowest BCUT2D eigenvalue weighted by Gasteiger charge is -2.19. The largest absolute Gasteiger partial charge is 0.386 e. The van der Waals surface area contributed by atoms with Gasteiger partial charge in [-0.1, -0.05) is 55.3 Å². The molecule has 1 aliphatic carbocycles. The molecule has 1 nitrogen and oxygen atoms in total. The summed E-state index contributed by atoms with van der Waals surface area (Å²) in [7, 11) is 0. The highest BCUT2D eigenvalue weighted by atomic mass is 16.3. The van der Waals surface area contributed by atoms with Crippen molar-refractivity contribution in [3.8, 4) is 0 Å². The van der Waals surface area contributed by atoms with Crippen molar-refractivity contribution in [2.75, 3.05) is 0 Å². The van der Waals surface area contributed by atoms with E-state index in [1.165, 1.54) is 31.2 Å². The summed E-state index contributed by atoms with van der Waals surface area (Å²) in [6.45, 7) is 1.92. The third-order valence-electron chi connectivity index (χ3n) is 3.89. The average Bonchev–Trinajstić information content (AvgIpc) is 2.89. The lowest BCUT2D eigenvalue weighted by Crippen LogP contribution is -2.21. The smallest absolute Gasteiger partial charge is 0.0802 e. The van der Waals surface area contributed by atoms with Crippen molar-refractivity contribution in [1.82, 2.24) is 0 Å². The van der Waals surface area contributed by atoms with Crippen molar-refractivity contribution in [2.45, 2.75) is 51.0 Å². The van der Waals surface area contributed by atoms with Gasteiger partial charge in [-0.15, -0.1) is 0 Å². The summed E-state index contributed by atoms with van der Waals surface area (Å²) in [5, 5.41) is 10.3. The second-order valence-electron chi connectivity index (χ2n) is 5.75. The Morgan fingerprint density at radius 1 is 1.22 bits per heavy atom. The summed E-state index contributed by atoms with van der Waals surface area (Å²) >= 11 is 0. The van der Waals surface area contributed by atoms with Gasteiger partial charge >= 0.3 is 0 Å². The molecule has 1 N–H and O–H groups in total. The van der Waals surface area contributed by atoms with Gasteiger partial charge in [-0.25, -0.2) is 0 Å². The van der Waals surface area contributed by atoms with Gasteiger partial charge in [0.25, 0.3) is 0 Å². The molecule has 1 saturated carbocycles. The molecule has 18 heavy (non-hydrogen) atoms. The minimum atomic E-state index is -0.668. The first kappa shape index (κ1) is 13.4. The van der Waals surface area contributed by atoms with Crippen LogP contribution in [0.1, 0.15) is 44.6 Å². The number of aliphatic hydroxyl groups is 1. The molecule has 1 heteroatoms. The summed E-state index contributed by atoms with van der Waals surface area (Å²) < 4.78 is 0. The van der Waals surface area contributed by atoms with E-state index < -0.39 is 5.60 Å². The molecule has 0 bridgehead atoms. The van der Waals surface area contributed by atoms with Crippen LogP contribution < -0.4 is 0 Å². The summed E-state index contributed by atoms with van der Waals surface area (Å²) in [4.78, 5) is 0. The van der Waals surface area contributed by atoms with Crippen molar-refractivity contribution in [3.05, 3.63) is 48.0 Å². The Labute approximate surface area is 111 Å². The van der Waals surface area contributed by atoms with E-state index in [-0.39, 0.29) is 0 Å². The van der Waals surface area contributed by atoms with Crippen LogP contribution in [0.15, 0.2) is 42.5 Å². The lowest BCUT2D eigenvalue weighted by atomic mass is 9.94. The maximum atomic E-state index is 10.3. The fourth-order valence-corrected chi connectivity index (χ4v) is 2.62. The normalized spacial score (nSPS) is 20.3. The van der Waals surface area contributed by atoms with Crippen LogP contribution in [0.3, 0.4) is 0 Å². The first-order chi connectivity index (χ1) is 8.66. The SMILES string of the molecule is C[C@](O)(/C=C/C1CCCC1)CCc1ccccc1. The van der Waals surface area contributed by atoms with Crippen LogP contribution in [0.2, 0.25) is 0 Å². The molecule has 1 aromatic rings. The molecule has 0 radical (unpaired) electrons. The van der Waals surface area contributed by atoms with E-state index in [2.05, 4.69) is 30.3 Å². The van der Waals surface area contributed by atoms with Gasteiger partial charge < -0.3 is 5.11 Å². The standard InChI is InChI=1S/C17H24O/c1-17(18,14-12-16-9-5-6-10-16)13-11-15-7-3-2-4-8-15/h2-4,7-8,12,14,16,18H,5-6,9-11,13H2,1H3/b14-12+/t17-/m1/s1. The third kappa shape index (κ3) is 4.30. The van der Waals surface area contributed by atoms with Crippen molar-refractivity contribution >= 4 is 0 Å². The molecule has 1 aliphatic rings. The Morgan fingerprint density at radius 3 is 2.56 bits per heavy atom. The van der Waals surface area contributed by atoms with Crippen LogP contribution in [0.5, 0.6) is 0 Å². The van der Waals surface area contributed by atoms with Gasteiger partial charge in [0.1, 0.15) is 0 Å². The van der Waals surface area contributed by atoms with Gasteiger partial charge in [0.15, 0.2) is 0 Å². The van der Waals surface area contributed by atoms with E-state index in [1.807, 2.05) is 19.1 Å². The molecule has 1 fully saturated rings. The van der Waals surface area contributed by atoms with Crippen molar-refractivity contribution in [2.24, 2.45) is 5.92 Å². The van der Waals surface area contributed by atoms with Gasteiger partial charge in [-0.2, -0.15) is 0 Å². The number of rotatable bonds is 5. The Bertz CT molecular complexity index is 372. The van der Waals surface area contributed by atoms with E-state index in [0.717, 1.165) is 12.8 Å². The molecule has 1 aromatic carbocycles. The number of aryl methyl sites for hydroxylation is 1. The van der Waals surface area contributed by atoms with Crippen LogP contribution in [0.25, 0.3) is 0 Å². The van der Waals surface area contributed by atoms with Crippen molar-refractivity contribution in [1.29, 1.82) is 0 Å². The number of hydrogen-bond donors (Lipinski definition) is 1. The zero-order valence-electron chi connectivity index (χ0n) is 11.3. The van der Waals surface area contributed by atoms with Crippen molar-refractivity contribution in [3.63, 3.8) is 0 Å². The highest BCUT2D eigenvalue weighted by molar-refractivity contribution is 5.15. The Morgan fingerprint density at radius 2 is 1.89 bits per heavy atom. The Hall–Kier alpha value is -1.08. The zero-order valence-corrected chi connectivity index (χ0v) is 11.3. The quantitative estimate of drug-likeness (QED) is 0.773. The van der Waals surface area contributed by atoms with Gasteiger partial charge in [-0.3, -0.25) is 0 Å². The molecule has 2 rings (SSSR count). The topological polar surface area (TPSA) is 20.2 Å². The average molecular weight is 244 g/mol. The van der Waals surface area contributed by atoms with Crippen LogP contribution in [0, 0.1) is 5.92 Å². The lowest BCUT2D eigenvalue weighted by molar-refractivity contribution is 0.101. The molecule has 1 atom stereocenters.